The van der Waals surface area contributed by atoms with Gasteiger partial charge in [0.25, 0.3) is 21.8 Å². The predicted molar refractivity (Wildman–Crippen MR) is 128 cm³/mol. The molecule has 0 saturated heterocycles. The Morgan fingerprint density at radius 3 is 2.03 bits per heavy atom. The summed E-state index contributed by atoms with van der Waals surface area (Å²) in [6.07, 6.45) is -6.10. The Morgan fingerprint density at radius 2 is 1.47 bits per heavy atom. The van der Waals surface area contributed by atoms with Gasteiger partial charge >= 0.3 is 6.18 Å². The highest BCUT2D eigenvalue weighted by atomic mass is 32.2. The van der Waals surface area contributed by atoms with Gasteiger partial charge in [-0.15, -0.1) is 0 Å². The van der Waals surface area contributed by atoms with E-state index in [1.165, 1.54) is 42.5 Å². The number of benzene rings is 3. The molecule has 0 saturated carbocycles. The largest absolute Gasteiger partial charge is 0.416 e. The monoisotopic (exact) mass is 549 g/mol. The Hall–Kier alpha value is -4.33. The van der Waals surface area contributed by atoms with Crippen molar-refractivity contribution < 1.29 is 36.2 Å². The van der Waals surface area contributed by atoms with Crippen molar-refractivity contribution in [2.75, 3.05) is 4.31 Å². The number of ketones is 1. The lowest BCUT2D eigenvalue weighted by atomic mass is 9.78. The zero-order valence-corrected chi connectivity index (χ0v) is 20.0. The number of nitro groups is 2. The van der Waals surface area contributed by atoms with Crippen molar-refractivity contribution in [1.29, 1.82) is 0 Å². The zero-order chi connectivity index (χ0) is 27.8. The molecule has 0 aromatic heterocycles. The first-order valence-corrected chi connectivity index (χ1v) is 12.4. The van der Waals surface area contributed by atoms with Crippen molar-refractivity contribution in [3.05, 3.63) is 110 Å². The van der Waals surface area contributed by atoms with Crippen molar-refractivity contribution in [3.63, 3.8) is 0 Å². The fourth-order valence-electron chi connectivity index (χ4n) is 4.59. The molecule has 14 heteroatoms. The highest BCUT2D eigenvalue weighted by Gasteiger charge is 2.63. The number of nitrogens with zero attached hydrogens (tertiary/aromatic N) is 3. The number of alkyl halides is 3. The number of hydrogen-bond acceptors (Lipinski definition) is 7. The number of nitro benzene ring substituents is 1. The Kier molecular flexibility index (Phi) is 6.93. The number of fused-ring (bicyclic) bond motifs is 1. The summed E-state index contributed by atoms with van der Waals surface area (Å²) < 4.78 is 70.8. The van der Waals surface area contributed by atoms with Gasteiger partial charge in [-0.25, -0.2) is 12.7 Å². The maximum Gasteiger partial charge on any atom is 0.416 e. The maximum atomic E-state index is 14.6. The van der Waals surface area contributed by atoms with E-state index < -0.39 is 72.5 Å². The molecule has 198 valence electrons. The van der Waals surface area contributed by atoms with Gasteiger partial charge in [-0.2, -0.15) is 13.2 Å². The minimum atomic E-state index is -5.42. The number of Topliss-reactive ketones (excluding diaryl/α,β-unsaturated/α-hetero) is 1. The van der Waals surface area contributed by atoms with E-state index in [0.29, 0.717) is 0 Å². The van der Waals surface area contributed by atoms with Crippen LogP contribution in [0.15, 0.2) is 83.8 Å². The molecule has 10 nitrogen and oxygen atoms in total. The molecule has 0 unspecified atom stereocenters. The maximum absolute atomic E-state index is 14.6. The second-order valence-electron chi connectivity index (χ2n) is 8.47. The molecule has 3 aromatic carbocycles. The van der Waals surface area contributed by atoms with Crippen molar-refractivity contribution in [1.82, 2.24) is 0 Å². The van der Waals surface area contributed by atoms with Gasteiger partial charge in [0.2, 0.25) is 6.04 Å². The van der Waals surface area contributed by atoms with Crippen LogP contribution in [0.4, 0.5) is 24.5 Å². The molecule has 3 aromatic rings. The summed E-state index contributed by atoms with van der Waals surface area (Å²) in [5.41, 5.74) is -0.962. The molecule has 1 heterocycles. The Morgan fingerprint density at radius 1 is 0.895 bits per heavy atom. The molecule has 1 aliphatic heterocycles. The topological polar surface area (TPSA) is 141 Å². The normalized spacial score (nSPS) is 19.4. The van der Waals surface area contributed by atoms with E-state index in [0.717, 1.165) is 30.3 Å². The van der Waals surface area contributed by atoms with Crippen LogP contribution in [0.5, 0.6) is 0 Å². The first-order chi connectivity index (χ1) is 17.8. The van der Waals surface area contributed by atoms with Crippen LogP contribution in [0.1, 0.15) is 28.3 Å². The van der Waals surface area contributed by atoms with Crippen LogP contribution in [0.2, 0.25) is 0 Å². The number of non-ortho nitro benzene ring substituents is 1. The first kappa shape index (κ1) is 26.7. The van der Waals surface area contributed by atoms with Gasteiger partial charge in [0.1, 0.15) is 0 Å². The summed E-state index contributed by atoms with van der Waals surface area (Å²) in [5.74, 6) is -2.26. The van der Waals surface area contributed by atoms with Gasteiger partial charge in [0, 0.05) is 29.0 Å². The molecule has 0 bridgehead atoms. The molecule has 3 atom stereocenters. The quantitative estimate of drug-likeness (QED) is 0.236. The summed E-state index contributed by atoms with van der Waals surface area (Å²) in [6, 6.07) is 9.89. The fraction of sp³-hybridized carbons (Fsp3) is 0.208. The molecule has 0 spiro atoms. The van der Waals surface area contributed by atoms with Gasteiger partial charge in [-0.1, -0.05) is 48.5 Å². The highest BCUT2D eigenvalue weighted by Crippen LogP contribution is 2.48. The number of rotatable bonds is 7. The van der Waals surface area contributed by atoms with Crippen LogP contribution < -0.4 is 4.31 Å². The third-order valence-corrected chi connectivity index (χ3v) is 8.06. The second kappa shape index (κ2) is 9.85. The third-order valence-electron chi connectivity index (χ3n) is 6.25. The van der Waals surface area contributed by atoms with Crippen LogP contribution in [-0.4, -0.2) is 42.3 Å². The Labute approximate surface area is 213 Å². The lowest BCUT2D eigenvalue weighted by Crippen LogP contribution is -2.62. The van der Waals surface area contributed by atoms with Crippen molar-refractivity contribution in [3.8, 4) is 0 Å². The van der Waals surface area contributed by atoms with E-state index in [4.69, 9.17) is 0 Å². The van der Waals surface area contributed by atoms with Crippen LogP contribution in [0.25, 0.3) is 0 Å². The number of anilines is 1. The van der Waals surface area contributed by atoms with Gasteiger partial charge in [-0.3, -0.25) is 25.0 Å². The van der Waals surface area contributed by atoms with Crippen LogP contribution in [0, 0.1) is 20.2 Å². The minimum absolute atomic E-state index is 0.0551. The van der Waals surface area contributed by atoms with Crippen molar-refractivity contribution >= 4 is 27.2 Å². The number of sulfonamides is 1. The molecule has 0 fully saturated rings. The number of carbonyl (C=O) groups is 1. The third kappa shape index (κ3) is 4.81. The summed E-state index contributed by atoms with van der Waals surface area (Å²) in [6.45, 7) is 0. The van der Waals surface area contributed by atoms with E-state index in [-0.39, 0.29) is 15.4 Å². The van der Waals surface area contributed by atoms with Crippen molar-refractivity contribution in [2.45, 2.75) is 35.5 Å². The number of para-hydroxylation sites is 1. The van der Waals surface area contributed by atoms with E-state index in [9.17, 15) is 46.6 Å². The van der Waals surface area contributed by atoms with E-state index in [2.05, 4.69) is 0 Å². The highest BCUT2D eigenvalue weighted by molar-refractivity contribution is 7.92. The van der Waals surface area contributed by atoms with Gasteiger partial charge in [0.05, 0.1) is 21.4 Å². The lowest BCUT2D eigenvalue weighted by Gasteiger charge is -2.42. The van der Waals surface area contributed by atoms with E-state index in [1.807, 2.05) is 0 Å². The van der Waals surface area contributed by atoms with Crippen molar-refractivity contribution in [2.24, 2.45) is 0 Å². The molecule has 0 aliphatic carbocycles. The summed E-state index contributed by atoms with van der Waals surface area (Å²) in [7, 11) is -5.12. The summed E-state index contributed by atoms with van der Waals surface area (Å²) >= 11 is 0. The average Bonchev–Trinajstić information content (AvgIpc) is 2.88. The Balaban J connectivity index is 1.92. The van der Waals surface area contributed by atoms with Crippen LogP contribution in [-0.2, 0) is 10.0 Å². The fourth-order valence-corrected chi connectivity index (χ4v) is 6.26. The van der Waals surface area contributed by atoms with Crippen LogP contribution >= 0.6 is 0 Å². The number of carbonyl (C=O) groups excluding carboxylic acids is 1. The molecule has 0 N–H and O–H groups in total. The van der Waals surface area contributed by atoms with E-state index >= 15 is 0 Å². The summed E-state index contributed by atoms with van der Waals surface area (Å²) in [4.78, 5) is 33.3. The molecular formula is C24H18F3N3O7S. The average molecular weight is 549 g/mol. The number of hydrogen-bond donors (Lipinski definition) is 0. The smallest absolute Gasteiger partial charge is 0.294 e. The summed E-state index contributed by atoms with van der Waals surface area (Å²) in [5, 5.41) is 23.1. The second-order valence-corrected chi connectivity index (χ2v) is 10.3. The Bertz CT molecular complexity index is 1500. The SMILES string of the molecule is O=C(C[C@H]1c2ccccc2N(S(=O)(=O)c2ccc([N+](=O)[O-])cc2)[C@@H](C(F)(F)F)[C@@H]1[N+](=O)[O-])c1ccccc1. The van der Waals surface area contributed by atoms with E-state index in [1.54, 1.807) is 6.07 Å². The molecule has 4 rings (SSSR count). The first-order valence-electron chi connectivity index (χ1n) is 11.0. The molecule has 1 aliphatic rings. The molecule has 0 radical (unpaired) electrons. The molecule has 0 amide bonds. The molecule has 38 heavy (non-hydrogen) atoms. The van der Waals surface area contributed by atoms with Crippen LogP contribution in [0.3, 0.4) is 0 Å². The standard InChI is InChI=1S/C24H18F3N3O7S/c25-24(26,27)23-22(30(34)35)19(14-21(31)15-6-2-1-3-7-15)18-8-4-5-9-20(18)28(23)38(36,37)17-12-10-16(11-13-17)29(32)33/h1-13,19,22-23H,14H2/t19-,22+,23+/m0/s1. The minimum Gasteiger partial charge on any atom is -0.294 e. The lowest BCUT2D eigenvalue weighted by molar-refractivity contribution is -0.537. The number of halogens is 3. The van der Waals surface area contributed by atoms with Gasteiger partial charge in [-0.05, 0) is 23.8 Å². The molecular weight excluding hydrogens is 531 g/mol. The predicted octanol–water partition coefficient (Wildman–Crippen LogP) is 4.74. The van der Waals surface area contributed by atoms with Gasteiger partial charge < -0.3 is 0 Å². The van der Waals surface area contributed by atoms with Gasteiger partial charge in [0.15, 0.2) is 5.78 Å². The zero-order valence-electron chi connectivity index (χ0n) is 19.2.